The Morgan fingerprint density at radius 1 is 1.44 bits per heavy atom. The predicted molar refractivity (Wildman–Crippen MR) is 65.4 cm³/mol. The van der Waals surface area contributed by atoms with Crippen molar-refractivity contribution in [2.24, 2.45) is 0 Å². The fourth-order valence-electron chi connectivity index (χ4n) is 1.98. The second kappa shape index (κ2) is 3.83. The van der Waals surface area contributed by atoms with Crippen LogP contribution in [0.2, 0.25) is 0 Å². The van der Waals surface area contributed by atoms with Crippen molar-refractivity contribution in [2.75, 3.05) is 24.3 Å². The number of rotatable bonds is 1. The lowest BCUT2D eigenvalue weighted by molar-refractivity contribution is -0.114. The van der Waals surface area contributed by atoms with Gasteiger partial charge in [-0.15, -0.1) is 0 Å². The van der Waals surface area contributed by atoms with Crippen LogP contribution in [0.4, 0.5) is 15.8 Å². The van der Waals surface area contributed by atoms with E-state index < -0.39 is 5.82 Å². The average molecular weight is 247 g/mol. The van der Waals surface area contributed by atoms with E-state index in [4.69, 9.17) is 4.74 Å². The first-order chi connectivity index (χ1) is 8.69. The smallest absolute Gasteiger partial charge is 0.243 e. The van der Waals surface area contributed by atoms with E-state index in [0.717, 1.165) is 0 Å². The van der Waals surface area contributed by atoms with Crippen LogP contribution < -0.4 is 15.4 Å². The molecule has 2 aromatic rings. The standard InChI is InChI=1S/C12H10FN3O2/c1-18-10-3-8-6(2-7(10)13)12-9(4-14-8)15-5-11(17)16-12/h2-4,15H,5H2,1H3,(H,16,17). The van der Waals surface area contributed by atoms with Crippen LogP contribution in [0.15, 0.2) is 18.3 Å². The van der Waals surface area contributed by atoms with Gasteiger partial charge in [0.1, 0.15) is 0 Å². The summed E-state index contributed by atoms with van der Waals surface area (Å²) < 4.78 is 18.6. The molecule has 0 aliphatic carbocycles. The lowest BCUT2D eigenvalue weighted by Crippen LogP contribution is -2.27. The third kappa shape index (κ3) is 1.54. The first-order valence-electron chi connectivity index (χ1n) is 5.39. The summed E-state index contributed by atoms with van der Waals surface area (Å²) in [4.78, 5) is 15.6. The molecule has 92 valence electrons. The zero-order chi connectivity index (χ0) is 12.7. The van der Waals surface area contributed by atoms with E-state index in [-0.39, 0.29) is 18.2 Å². The van der Waals surface area contributed by atoms with E-state index in [2.05, 4.69) is 15.6 Å². The number of pyridine rings is 1. The maximum absolute atomic E-state index is 13.7. The molecule has 1 aromatic heterocycles. The highest BCUT2D eigenvalue weighted by Crippen LogP contribution is 2.34. The Balaban J connectivity index is 2.28. The van der Waals surface area contributed by atoms with E-state index in [0.29, 0.717) is 22.3 Å². The van der Waals surface area contributed by atoms with Crippen molar-refractivity contribution in [1.82, 2.24) is 4.98 Å². The van der Waals surface area contributed by atoms with Crippen molar-refractivity contribution in [3.05, 3.63) is 24.1 Å². The van der Waals surface area contributed by atoms with Crippen molar-refractivity contribution in [3.8, 4) is 5.75 Å². The monoisotopic (exact) mass is 247 g/mol. The molecule has 5 nitrogen and oxygen atoms in total. The minimum Gasteiger partial charge on any atom is -0.494 e. The molecule has 2 N–H and O–H groups in total. The van der Waals surface area contributed by atoms with Gasteiger partial charge < -0.3 is 15.4 Å². The summed E-state index contributed by atoms with van der Waals surface area (Å²) in [6.45, 7) is 0.193. The van der Waals surface area contributed by atoms with Gasteiger partial charge in [-0.3, -0.25) is 9.78 Å². The summed E-state index contributed by atoms with van der Waals surface area (Å²) in [5, 5.41) is 6.19. The number of benzene rings is 1. The molecule has 0 bridgehead atoms. The molecule has 0 saturated carbocycles. The molecule has 18 heavy (non-hydrogen) atoms. The number of halogens is 1. The minimum atomic E-state index is -0.486. The van der Waals surface area contributed by atoms with Crippen LogP contribution in [0.5, 0.6) is 5.75 Å². The molecule has 1 aliphatic heterocycles. The average Bonchev–Trinajstić information content (AvgIpc) is 2.38. The Morgan fingerprint density at radius 2 is 2.28 bits per heavy atom. The highest BCUT2D eigenvalue weighted by molar-refractivity contribution is 6.09. The number of aromatic nitrogens is 1. The van der Waals surface area contributed by atoms with Crippen molar-refractivity contribution >= 4 is 28.2 Å². The maximum atomic E-state index is 13.7. The summed E-state index contributed by atoms with van der Waals surface area (Å²) in [5.74, 6) is -0.517. The molecular formula is C12H10FN3O2. The zero-order valence-corrected chi connectivity index (χ0v) is 9.58. The molecule has 1 aliphatic rings. The number of fused-ring (bicyclic) bond motifs is 3. The molecule has 1 amide bonds. The van der Waals surface area contributed by atoms with E-state index in [1.807, 2.05) is 0 Å². The highest BCUT2D eigenvalue weighted by atomic mass is 19.1. The van der Waals surface area contributed by atoms with Crippen LogP contribution in [-0.4, -0.2) is 24.5 Å². The molecule has 0 unspecified atom stereocenters. The molecule has 0 radical (unpaired) electrons. The highest BCUT2D eigenvalue weighted by Gasteiger charge is 2.18. The lowest BCUT2D eigenvalue weighted by atomic mass is 10.1. The van der Waals surface area contributed by atoms with Crippen LogP contribution in [0.25, 0.3) is 10.9 Å². The van der Waals surface area contributed by atoms with Gasteiger partial charge in [-0.1, -0.05) is 0 Å². The molecule has 0 atom stereocenters. The number of hydrogen-bond acceptors (Lipinski definition) is 4. The first kappa shape index (κ1) is 10.8. The van der Waals surface area contributed by atoms with Crippen LogP contribution in [0.3, 0.4) is 0 Å². The van der Waals surface area contributed by atoms with Gasteiger partial charge in [-0.2, -0.15) is 0 Å². The number of carbonyl (C=O) groups is 1. The summed E-state index contributed by atoms with van der Waals surface area (Å²) in [6.07, 6.45) is 1.61. The fourth-order valence-corrected chi connectivity index (χ4v) is 1.98. The SMILES string of the molecule is COc1cc2ncc3c(c2cc1F)NC(=O)CN3. The molecule has 3 rings (SSSR count). The molecule has 0 spiro atoms. The molecule has 0 saturated heterocycles. The van der Waals surface area contributed by atoms with Gasteiger partial charge in [0.05, 0.1) is 36.7 Å². The van der Waals surface area contributed by atoms with Crippen LogP contribution >= 0.6 is 0 Å². The summed E-state index contributed by atoms with van der Waals surface area (Å²) in [7, 11) is 1.39. The van der Waals surface area contributed by atoms with Gasteiger partial charge in [0.15, 0.2) is 11.6 Å². The van der Waals surface area contributed by atoms with Crippen LogP contribution in [0, 0.1) is 5.82 Å². The first-order valence-corrected chi connectivity index (χ1v) is 5.39. The normalized spacial score (nSPS) is 13.8. The second-order valence-electron chi connectivity index (χ2n) is 3.95. The summed E-state index contributed by atoms with van der Waals surface area (Å²) >= 11 is 0. The van der Waals surface area contributed by atoms with Gasteiger partial charge in [0.2, 0.25) is 5.91 Å². The van der Waals surface area contributed by atoms with Gasteiger partial charge in [0, 0.05) is 11.5 Å². The molecule has 2 heterocycles. The van der Waals surface area contributed by atoms with Gasteiger partial charge in [-0.25, -0.2) is 4.39 Å². The van der Waals surface area contributed by atoms with Crippen molar-refractivity contribution in [3.63, 3.8) is 0 Å². The van der Waals surface area contributed by atoms with Crippen molar-refractivity contribution in [1.29, 1.82) is 0 Å². The second-order valence-corrected chi connectivity index (χ2v) is 3.95. The van der Waals surface area contributed by atoms with Gasteiger partial charge >= 0.3 is 0 Å². The Hall–Kier alpha value is -2.37. The minimum absolute atomic E-state index is 0.130. The van der Waals surface area contributed by atoms with E-state index in [1.165, 1.54) is 19.2 Å². The number of nitrogens with zero attached hydrogens (tertiary/aromatic N) is 1. The Labute approximate surface area is 102 Å². The lowest BCUT2D eigenvalue weighted by Gasteiger charge is -2.20. The number of ether oxygens (including phenoxy) is 1. The number of methoxy groups -OCH3 is 1. The molecule has 6 heteroatoms. The molecule has 0 fully saturated rings. The fraction of sp³-hybridized carbons (Fsp3) is 0.167. The van der Waals surface area contributed by atoms with E-state index in [9.17, 15) is 9.18 Å². The van der Waals surface area contributed by atoms with E-state index in [1.54, 1.807) is 6.20 Å². The van der Waals surface area contributed by atoms with E-state index >= 15 is 0 Å². The number of anilines is 2. The number of nitrogens with one attached hydrogen (secondary N) is 2. The van der Waals surface area contributed by atoms with Crippen molar-refractivity contribution < 1.29 is 13.9 Å². The third-order valence-electron chi connectivity index (χ3n) is 2.85. The summed E-state index contributed by atoms with van der Waals surface area (Å²) in [5.41, 5.74) is 1.81. The largest absolute Gasteiger partial charge is 0.494 e. The summed E-state index contributed by atoms with van der Waals surface area (Å²) in [6, 6.07) is 2.82. The quantitative estimate of drug-likeness (QED) is 0.805. The molecular weight excluding hydrogens is 237 g/mol. The Bertz CT molecular complexity index is 657. The Kier molecular flexibility index (Phi) is 2.29. The Morgan fingerprint density at radius 3 is 3.06 bits per heavy atom. The third-order valence-corrected chi connectivity index (χ3v) is 2.85. The van der Waals surface area contributed by atoms with Crippen LogP contribution in [-0.2, 0) is 4.79 Å². The topological polar surface area (TPSA) is 63.2 Å². The van der Waals surface area contributed by atoms with Crippen LogP contribution in [0.1, 0.15) is 0 Å². The molecule has 1 aromatic carbocycles. The van der Waals surface area contributed by atoms with Gasteiger partial charge in [0.25, 0.3) is 0 Å². The van der Waals surface area contributed by atoms with Gasteiger partial charge in [-0.05, 0) is 6.07 Å². The number of carbonyl (C=O) groups excluding carboxylic acids is 1. The van der Waals surface area contributed by atoms with Crippen molar-refractivity contribution in [2.45, 2.75) is 0 Å². The zero-order valence-electron chi connectivity index (χ0n) is 9.58. The predicted octanol–water partition coefficient (Wildman–Crippen LogP) is 1.75. The number of hydrogen-bond donors (Lipinski definition) is 2. The number of amides is 1. The maximum Gasteiger partial charge on any atom is 0.243 e.